The Labute approximate surface area is 114 Å². The number of hydrogen-bond donors (Lipinski definition) is 1. The molecule has 1 N–H and O–H groups in total. The lowest BCUT2D eigenvalue weighted by molar-refractivity contribution is 0.0963. The van der Waals surface area contributed by atoms with Gasteiger partial charge in [0.2, 0.25) is 0 Å². The van der Waals surface area contributed by atoms with Crippen molar-refractivity contribution in [3.8, 4) is 0 Å². The highest BCUT2D eigenvalue weighted by molar-refractivity contribution is 6.31. The number of aliphatic hydroxyl groups excluding tert-OH is 1. The van der Waals surface area contributed by atoms with Gasteiger partial charge in [0.25, 0.3) is 0 Å². The molecule has 1 aromatic rings. The normalized spacial score (nSPS) is 13.0. The zero-order valence-corrected chi connectivity index (χ0v) is 11.9. The van der Waals surface area contributed by atoms with Crippen LogP contribution in [0.5, 0.6) is 0 Å². The molecule has 0 amide bonds. The first-order valence-corrected chi connectivity index (χ1v) is 7.08. The minimum atomic E-state index is -0.441. The minimum Gasteiger partial charge on any atom is -0.392 e. The first-order chi connectivity index (χ1) is 8.58. The first kappa shape index (κ1) is 15.5. The van der Waals surface area contributed by atoms with Gasteiger partial charge in [0.05, 0.1) is 6.10 Å². The van der Waals surface area contributed by atoms with Crippen LogP contribution in [-0.4, -0.2) is 11.2 Å². The second-order valence-corrected chi connectivity index (χ2v) is 5.25. The zero-order chi connectivity index (χ0) is 13.5. The average molecular weight is 273 g/mol. The highest BCUT2D eigenvalue weighted by Gasteiger charge is 2.19. The predicted molar refractivity (Wildman–Crippen MR) is 74.4 cm³/mol. The second-order valence-electron chi connectivity index (χ2n) is 4.84. The maximum Gasteiger partial charge on any atom is 0.123 e. The summed E-state index contributed by atoms with van der Waals surface area (Å²) >= 11 is 6.02. The van der Waals surface area contributed by atoms with Gasteiger partial charge in [-0.2, -0.15) is 0 Å². The van der Waals surface area contributed by atoms with Crippen molar-refractivity contribution in [3.63, 3.8) is 0 Å². The molecule has 0 bridgehead atoms. The Morgan fingerprint density at radius 3 is 2.39 bits per heavy atom. The van der Waals surface area contributed by atoms with Crippen LogP contribution in [0.1, 0.15) is 45.1 Å². The molecule has 1 atom stereocenters. The fourth-order valence-corrected chi connectivity index (χ4v) is 2.56. The minimum absolute atomic E-state index is 0.277. The van der Waals surface area contributed by atoms with Crippen LogP contribution in [0.15, 0.2) is 18.2 Å². The van der Waals surface area contributed by atoms with E-state index < -0.39 is 6.10 Å². The number of benzene rings is 1. The molecule has 0 saturated heterocycles. The van der Waals surface area contributed by atoms with E-state index in [9.17, 15) is 9.50 Å². The quantitative estimate of drug-likeness (QED) is 0.769. The van der Waals surface area contributed by atoms with Gasteiger partial charge < -0.3 is 5.11 Å². The van der Waals surface area contributed by atoms with Crippen molar-refractivity contribution in [3.05, 3.63) is 34.6 Å². The van der Waals surface area contributed by atoms with Crippen molar-refractivity contribution in [2.75, 3.05) is 0 Å². The maximum atomic E-state index is 13.2. The van der Waals surface area contributed by atoms with Crippen LogP contribution < -0.4 is 0 Å². The van der Waals surface area contributed by atoms with E-state index in [-0.39, 0.29) is 11.7 Å². The van der Waals surface area contributed by atoms with E-state index >= 15 is 0 Å². The molecule has 0 aliphatic carbocycles. The molecule has 1 unspecified atom stereocenters. The Morgan fingerprint density at radius 1 is 1.22 bits per heavy atom. The molecule has 102 valence electrons. The molecule has 18 heavy (non-hydrogen) atoms. The largest absolute Gasteiger partial charge is 0.392 e. The molecule has 0 saturated carbocycles. The van der Waals surface area contributed by atoms with Crippen molar-refractivity contribution in [2.24, 2.45) is 5.92 Å². The standard InChI is InChI=1S/C15H22ClFO/c1-3-5-11(6-4-2)15(18)10-12-9-13(17)7-8-14(12)16/h7-9,11,15,18H,3-6,10H2,1-2H3. The summed E-state index contributed by atoms with van der Waals surface area (Å²) < 4.78 is 13.2. The summed E-state index contributed by atoms with van der Waals surface area (Å²) in [6.45, 7) is 4.23. The van der Waals surface area contributed by atoms with Gasteiger partial charge in [0.15, 0.2) is 0 Å². The third-order valence-corrected chi connectivity index (χ3v) is 3.67. The van der Waals surface area contributed by atoms with E-state index in [1.54, 1.807) is 6.07 Å². The molecule has 0 aliphatic rings. The number of hydrogen-bond acceptors (Lipinski definition) is 1. The lowest BCUT2D eigenvalue weighted by atomic mass is 9.89. The van der Waals surface area contributed by atoms with Crippen molar-refractivity contribution in [1.82, 2.24) is 0 Å². The molecule has 0 aliphatic heterocycles. The van der Waals surface area contributed by atoms with Crippen LogP contribution in [0, 0.1) is 11.7 Å². The van der Waals surface area contributed by atoms with Gasteiger partial charge in [-0.1, -0.05) is 38.3 Å². The van der Waals surface area contributed by atoms with Crippen LogP contribution >= 0.6 is 11.6 Å². The Hall–Kier alpha value is -0.600. The second kappa shape index (κ2) is 7.75. The summed E-state index contributed by atoms with van der Waals surface area (Å²) in [5.41, 5.74) is 0.696. The monoisotopic (exact) mass is 272 g/mol. The van der Waals surface area contributed by atoms with Crippen molar-refractivity contribution >= 4 is 11.6 Å². The SMILES string of the molecule is CCCC(CCC)C(O)Cc1cc(F)ccc1Cl. The molecule has 1 rings (SSSR count). The Morgan fingerprint density at radius 2 is 1.83 bits per heavy atom. The Balaban J connectivity index is 2.71. The van der Waals surface area contributed by atoms with E-state index in [0.717, 1.165) is 25.7 Å². The lowest BCUT2D eigenvalue weighted by Crippen LogP contribution is -2.23. The average Bonchev–Trinajstić information content (AvgIpc) is 2.33. The predicted octanol–water partition coefficient (Wildman–Crippen LogP) is 4.60. The van der Waals surface area contributed by atoms with E-state index in [1.165, 1.54) is 12.1 Å². The third-order valence-electron chi connectivity index (χ3n) is 3.30. The van der Waals surface area contributed by atoms with Crippen LogP contribution in [0.4, 0.5) is 4.39 Å². The zero-order valence-electron chi connectivity index (χ0n) is 11.1. The van der Waals surface area contributed by atoms with Gasteiger partial charge in [0, 0.05) is 11.4 Å². The number of aliphatic hydroxyl groups is 1. The Kier molecular flexibility index (Phi) is 6.66. The van der Waals surface area contributed by atoms with Crippen LogP contribution in [0.2, 0.25) is 5.02 Å². The van der Waals surface area contributed by atoms with Gasteiger partial charge in [-0.3, -0.25) is 0 Å². The summed E-state index contributed by atoms with van der Waals surface area (Å²) in [7, 11) is 0. The highest BCUT2D eigenvalue weighted by atomic mass is 35.5. The number of rotatable bonds is 7. The van der Waals surface area contributed by atoms with Crippen molar-refractivity contribution < 1.29 is 9.50 Å². The van der Waals surface area contributed by atoms with E-state index in [4.69, 9.17) is 11.6 Å². The maximum absolute atomic E-state index is 13.2. The smallest absolute Gasteiger partial charge is 0.123 e. The fraction of sp³-hybridized carbons (Fsp3) is 0.600. The number of halogens is 2. The molecular formula is C15H22ClFO. The molecule has 1 nitrogen and oxygen atoms in total. The lowest BCUT2D eigenvalue weighted by Gasteiger charge is -2.22. The van der Waals surface area contributed by atoms with Crippen LogP contribution in [-0.2, 0) is 6.42 Å². The first-order valence-electron chi connectivity index (χ1n) is 6.70. The van der Waals surface area contributed by atoms with E-state index in [2.05, 4.69) is 13.8 Å². The molecule has 0 fully saturated rings. The topological polar surface area (TPSA) is 20.2 Å². The van der Waals surface area contributed by atoms with E-state index in [0.29, 0.717) is 17.0 Å². The summed E-state index contributed by atoms with van der Waals surface area (Å²) in [5, 5.41) is 10.8. The summed E-state index contributed by atoms with van der Waals surface area (Å²) in [5.74, 6) is -0.0246. The molecule has 0 spiro atoms. The molecule has 0 heterocycles. The summed E-state index contributed by atoms with van der Waals surface area (Å²) in [6, 6.07) is 4.31. The van der Waals surface area contributed by atoms with Gasteiger partial charge in [-0.25, -0.2) is 4.39 Å². The van der Waals surface area contributed by atoms with Crippen molar-refractivity contribution in [1.29, 1.82) is 0 Å². The highest BCUT2D eigenvalue weighted by Crippen LogP contribution is 2.24. The van der Waals surface area contributed by atoms with Crippen LogP contribution in [0.3, 0.4) is 0 Å². The molecular weight excluding hydrogens is 251 g/mol. The molecule has 1 aromatic carbocycles. The van der Waals surface area contributed by atoms with Gasteiger partial charge in [0.1, 0.15) is 5.82 Å². The molecule has 0 radical (unpaired) electrons. The van der Waals surface area contributed by atoms with Gasteiger partial charge in [-0.15, -0.1) is 0 Å². The fourth-order valence-electron chi connectivity index (χ4n) is 2.36. The van der Waals surface area contributed by atoms with Crippen LogP contribution in [0.25, 0.3) is 0 Å². The molecule has 0 aromatic heterocycles. The Bertz CT molecular complexity index is 362. The van der Waals surface area contributed by atoms with E-state index in [1.807, 2.05) is 0 Å². The summed E-state index contributed by atoms with van der Waals surface area (Å²) in [6.07, 6.45) is 4.10. The van der Waals surface area contributed by atoms with Crippen molar-refractivity contribution in [2.45, 2.75) is 52.1 Å². The van der Waals surface area contributed by atoms with Gasteiger partial charge >= 0.3 is 0 Å². The summed E-state index contributed by atoms with van der Waals surface area (Å²) in [4.78, 5) is 0. The third kappa shape index (κ3) is 4.58. The van der Waals surface area contributed by atoms with Gasteiger partial charge in [-0.05, 0) is 42.5 Å². The molecule has 3 heteroatoms.